The average Bonchev–Trinajstić information content (AvgIpc) is 4.19. The Bertz CT molecular complexity index is 1940. The van der Waals surface area contributed by atoms with Crippen LogP contribution in [-0.4, -0.2) is 71.9 Å². The molecular formula is C63H106O12. The third kappa shape index (κ3) is 16.1. The predicted octanol–water partition coefficient (Wildman–Crippen LogP) is 13.7. The van der Waals surface area contributed by atoms with E-state index in [1.54, 1.807) is 0 Å². The zero-order valence-corrected chi connectivity index (χ0v) is 50.4. The third-order valence-corrected chi connectivity index (χ3v) is 19.6. The van der Waals surface area contributed by atoms with E-state index >= 15 is 0 Å². The van der Waals surface area contributed by atoms with E-state index in [2.05, 4.69) is 13.8 Å². The van der Waals surface area contributed by atoms with Crippen LogP contribution in [-0.2, 0) is 57.3 Å². The van der Waals surface area contributed by atoms with Gasteiger partial charge in [-0.1, -0.05) is 125 Å². The van der Waals surface area contributed by atoms with Crippen LogP contribution in [0.4, 0.5) is 0 Å². The van der Waals surface area contributed by atoms with E-state index in [0.717, 1.165) is 77.0 Å². The summed E-state index contributed by atoms with van der Waals surface area (Å²) in [6.07, 6.45) is 15.3. The molecule has 5 saturated heterocycles. The van der Waals surface area contributed by atoms with Gasteiger partial charge in [-0.15, -0.1) is 0 Å². The van der Waals surface area contributed by atoms with Crippen LogP contribution in [0.3, 0.4) is 0 Å². The number of Topliss-reactive ketones (excluding diaryl/α,β-unsaturated/α-hetero) is 4. The molecule has 5 heterocycles. The second-order valence-electron chi connectivity index (χ2n) is 25.3. The van der Waals surface area contributed by atoms with Crippen molar-refractivity contribution < 1.29 is 57.3 Å². The lowest BCUT2D eigenvalue weighted by molar-refractivity contribution is -0.154. The van der Waals surface area contributed by atoms with Crippen molar-refractivity contribution in [1.82, 2.24) is 0 Å². The fraction of sp³-hybridized carbons (Fsp3) is 0.873. The molecule has 10 fully saturated rings. The van der Waals surface area contributed by atoms with Gasteiger partial charge in [0.05, 0.1) is 30.3 Å². The van der Waals surface area contributed by atoms with E-state index in [0.29, 0.717) is 85.7 Å². The Morgan fingerprint density at radius 1 is 0.453 bits per heavy atom. The molecule has 430 valence electrons. The summed E-state index contributed by atoms with van der Waals surface area (Å²) < 4.78 is 21.4. The minimum Gasteiger partial charge on any atom is -0.465 e. The number of esters is 4. The van der Waals surface area contributed by atoms with Gasteiger partial charge in [0, 0.05) is 71.0 Å². The number of ether oxygens (including phenoxy) is 4. The number of fused-ring (bicyclic) bond motifs is 4. The molecule has 0 amide bonds. The average molecular weight is 1060 g/mol. The standard InChI is InChI=1S/C17H26O3.C15H22O3.C14H22O3.C11H18O3.3C2H6/c1-4-17(2,3)15(18)9-13-11-5-10-6-12(8-11)16(19)20-14(13)7-10;1-4-15(2,3)12(16)7-9-8-5-10-11(6-8)14(17)18-13(9)10;1-4-14(2,3)12(15)8-9-5-6-10-7-11(9)17-13(10)16;1-4-11(2,3)9(12)7-8-5-6-14-10(8)13;3*1-2/h10-14H,4-9H2,1-3H3;8-11,13H,4-7H2,1-3H3;9-11H,4-8H2,1-3H3;8H,4-7H2,1-3H3;3*1-2H3. The van der Waals surface area contributed by atoms with Crippen molar-refractivity contribution in [1.29, 1.82) is 0 Å². The molecule has 0 aromatic heterocycles. The molecule has 0 aromatic rings. The molecule has 14 unspecified atom stereocenters. The summed E-state index contributed by atoms with van der Waals surface area (Å²) >= 11 is 0. The molecule has 0 aromatic carbocycles. The Morgan fingerprint density at radius 3 is 1.45 bits per heavy atom. The summed E-state index contributed by atoms with van der Waals surface area (Å²) in [7, 11) is 0. The molecule has 12 nitrogen and oxygen atoms in total. The summed E-state index contributed by atoms with van der Waals surface area (Å²) in [4.78, 5) is 95.1. The van der Waals surface area contributed by atoms with Crippen LogP contribution in [0, 0.1) is 86.8 Å². The van der Waals surface area contributed by atoms with Crippen LogP contribution < -0.4 is 0 Å². The molecular weight excluding hydrogens is 949 g/mol. The number of hydrogen-bond acceptors (Lipinski definition) is 12. The van der Waals surface area contributed by atoms with E-state index < -0.39 is 0 Å². The first-order valence-corrected chi connectivity index (χ1v) is 30.2. The van der Waals surface area contributed by atoms with Crippen molar-refractivity contribution in [2.24, 2.45) is 86.8 Å². The summed E-state index contributed by atoms with van der Waals surface area (Å²) in [6, 6.07) is 0. The highest BCUT2D eigenvalue weighted by Crippen LogP contribution is 2.59. The van der Waals surface area contributed by atoms with E-state index in [9.17, 15) is 38.4 Å². The lowest BCUT2D eigenvalue weighted by atomic mass is 9.61. The first-order valence-electron chi connectivity index (χ1n) is 30.2. The second-order valence-corrected chi connectivity index (χ2v) is 25.3. The lowest BCUT2D eigenvalue weighted by Crippen LogP contribution is -2.41. The number of hydrogen-bond donors (Lipinski definition) is 0. The maximum atomic E-state index is 12.5. The predicted molar refractivity (Wildman–Crippen MR) is 294 cm³/mol. The fourth-order valence-corrected chi connectivity index (χ4v) is 12.6. The van der Waals surface area contributed by atoms with Crippen LogP contribution in [0.1, 0.15) is 240 Å². The highest BCUT2D eigenvalue weighted by Gasteiger charge is 2.62. The lowest BCUT2D eigenvalue weighted by Gasteiger charge is -2.42. The molecule has 5 aliphatic heterocycles. The Morgan fingerprint density at radius 2 is 0.933 bits per heavy atom. The largest absolute Gasteiger partial charge is 0.465 e. The van der Waals surface area contributed by atoms with Crippen molar-refractivity contribution in [2.45, 2.75) is 259 Å². The SMILES string of the molecule is CC.CC.CC.CCC(C)(C)C(=O)CC1C2CC3C(=O)OC1C3C2.CCC(C)(C)C(=O)CC1C2CC3CC(C2)C(=O)OC1C3.CCC(C)(C)C(=O)CC1CCC2CC1OC2=O.CCC(C)(C)C(=O)CC1CCOC1=O. The smallest absolute Gasteiger partial charge is 0.309 e. The minimum absolute atomic E-state index is 0.00259. The Hall–Kier alpha value is -3.44. The zero-order valence-electron chi connectivity index (χ0n) is 50.4. The number of carbonyl (C=O) groups is 8. The maximum Gasteiger partial charge on any atom is 0.309 e. The Kier molecular flexibility index (Phi) is 25.0. The van der Waals surface area contributed by atoms with Crippen molar-refractivity contribution in [3.63, 3.8) is 0 Å². The summed E-state index contributed by atoms with van der Waals surface area (Å²) in [5.41, 5.74) is -1.01. The number of cyclic esters (lactones) is 1. The first kappa shape index (κ1) is 65.8. The van der Waals surface area contributed by atoms with E-state index in [1.165, 1.54) is 6.42 Å². The van der Waals surface area contributed by atoms with E-state index in [-0.39, 0.29) is 105 Å². The van der Waals surface area contributed by atoms with Crippen LogP contribution in [0.2, 0.25) is 0 Å². The molecule has 8 bridgehead atoms. The molecule has 0 N–H and O–H groups in total. The topological polar surface area (TPSA) is 173 Å². The third-order valence-electron chi connectivity index (χ3n) is 19.6. The van der Waals surface area contributed by atoms with Gasteiger partial charge in [0.15, 0.2) is 0 Å². The zero-order chi connectivity index (χ0) is 57.0. The summed E-state index contributed by atoms with van der Waals surface area (Å²) in [5, 5.41) is 0. The quantitative estimate of drug-likeness (QED) is 0.106. The molecule has 14 atom stereocenters. The number of rotatable bonds is 16. The molecule has 0 spiro atoms. The molecule has 75 heavy (non-hydrogen) atoms. The van der Waals surface area contributed by atoms with Crippen LogP contribution in [0.25, 0.3) is 0 Å². The molecule has 5 aliphatic carbocycles. The molecule has 10 aliphatic rings. The minimum atomic E-state index is -0.303. The van der Waals surface area contributed by atoms with Crippen LogP contribution >= 0.6 is 0 Å². The van der Waals surface area contributed by atoms with Crippen molar-refractivity contribution >= 4 is 47.0 Å². The Balaban J connectivity index is 0.000000256. The van der Waals surface area contributed by atoms with Gasteiger partial charge in [0.2, 0.25) is 0 Å². The van der Waals surface area contributed by atoms with Gasteiger partial charge in [0.25, 0.3) is 0 Å². The summed E-state index contributed by atoms with van der Waals surface area (Å²) in [5.74, 6) is 4.11. The van der Waals surface area contributed by atoms with Gasteiger partial charge in [-0.2, -0.15) is 0 Å². The maximum absolute atomic E-state index is 12.5. The highest BCUT2D eigenvalue weighted by atomic mass is 16.6. The summed E-state index contributed by atoms with van der Waals surface area (Å²) in [6.45, 7) is 36.6. The first-order chi connectivity index (χ1) is 35.2. The normalized spacial score (nSPS) is 32.2. The highest BCUT2D eigenvalue weighted by molar-refractivity contribution is 5.89. The van der Waals surface area contributed by atoms with Crippen molar-refractivity contribution in [2.75, 3.05) is 6.61 Å². The number of carbonyl (C=O) groups excluding carboxylic acids is 8. The van der Waals surface area contributed by atoms with Gasteiger partial charge in [-0.25, -0.2) is 0 Å². The van der Waals surface area contributed by atoms with Gasteiger partial charge in [-0.05, 0) is 108 Å². The second kappa shape index (κ2) is 28.4. The molecule has 12 heteroatoms. The van der Waals surface area contributed by atoms with Gasteiger partial charge >= 0.3 is 23.9 Å². The monoisotopic (exact) mass is 1050 g/mol. The molecule has 5 saturated carbocycles. The molecule has 10 rings (SSSR count). The molecule has 0 radical (unpaired) electrons. The van der Waals surface area contributed by atoms with Gasteiger partial charge in [0.1, 0.15) is 41.4 Å². The van der Waals surface area contributed by atoms with Crippen LogP contribution in [0.15, 0.2) is 0 Å². The van der Waals surface area contributed by atoms with E-state index in [4.69, 9.17) is 18.9 Å². The van der Waals surface area contributed by atoms with E-state index in [1.807, 2.05) is 111 Å². The Labute approximate surface area is 454 Å². The van der Waals surface area contributed by atoms with Crippen LogP contribution in [0.5, 0.6) is 0 Å². The van der Waals surface area contributed by atoms with Crippen molar-refractivity contribution in [3.05, 3.63) is 0 Å². The van der Waals surface area contributed by atoms with Gasteiger partial charge in [-0.3, -0.25) is 38.4 Å². The van der Waals surface area contributed by atoms with Crippen molar-refractivity contribution in [3.8, 4) is 0 Å². The number of ketones is 4. The van der Waals surface area contributed by atoms with Gasteiger partial charge < -0.3 is 18.9 Å². The fourth-order valence-electron chi connectivity index (χ4n) is 12.6.